The Labute approximate surface area is 95.7 Å². The van der Waals surface area contributed by atoms with E-state index in [1.54, 1.807) is 0 Å². The van der Waals surface area contributed by atoms with Crippen molar-refractivity contribution < 1.29 is 6.37 Å². The van der Waals surface area contributed by atoms with E-state index in [0.717, 1.165) is 0 Å². The van der Waals surface area contributed by atoms with Crippen molar-refractivity contribution in [2.24, 2.45) is 0 Å². The van der Waals surface area contributed by atoms with Gasteiger partial charge in [-0.25, -0.2) is 0 Å². The summed E-state index contributed by atoms with van der Waals surface area (Å²) >= 11 is 0. The molecule has 4 unspecified atom stereocenters. The SMILES string of the molecule is CP(C)[C]12[CH]3[CH]4[CH]5[C]1(P(C)C)[Co]43521678[CH]2[CH]1[CH]6[CH]7[CH]28. The van der Waals surface area contributed by atoms with Gasteiger partial charge in [-0.3, -0.25) is 0 Å². The van der Waals surface area contributed by atoms with Crippen LogP contribution in [-0.2, 0) is 6.37 Å². The molecule has 0 aromatic carbocycles. The third kappa shape index (κ3) is 0.0710. The molecule has 0 radical (unpaired) electrons. The first-order chi connectivity index (χ1) is 7.82. The first-order valence-electron chi connectivity index (χ1n) is 7.27. The van der Waals surface area contributed by atoms with Crippen LogP contribution in [0, 0.1) is 0 Å². The summed E-state index contributed by atoms with van der Waals surface area (Å²) in [5, 5.41) is 0. The molecule has 4 atom stereocenters. The van der Waals surface area contributed by atoms with Crippen LogP contribution in [0.4, 0.5) is 0 Å². The van der Waals surface area contributed by atoms with Crippen LogP contribution in [0.1, 0.15) is 0 Å². The summed E-state index contributed by atoms with van der Waals surface area (Å²) in [5.41, 5.74) is 0. The van der Waals surface area contributed by atoms with Crippen LogP contribution < -0.4 is 0 Å². The molecule has 1 spiro atoms. The molecule has 10 heterocycles. The summed E-state index contributed by atoms with van der Waals surface area (Å²) in [6.45, 7) is 10.9. The number of rotatable bonds is 2. The fourth-order valence-electron chi connectivity index (χ4n) is 17.8. The monoisotopic (exact) mass is 309 g/mol. The molecule has 3 heteroatoms. The summed E-state index contributed by atoms with van der Waals surface area (Å²) in [7, 11) is 0.829. The Kier molecular flexibility index (Phi) is 0.259. The second kappa shape index (κ2) is 0.596. The van der Waals surface area contributed by atoms with Crippen LogP contribution >= 0.6 is 15.8 Å². The Bertz CT molecular complexity index is 908. The topological polar surface area (TPSA) is 0 Å². The summed E-state index contributed by atoms with van der Waals surface area (Å²) < 4.78 is 2.40. The van der Waals surface area contributed by atoms with Gasteiger partial charge in [0.2, 0.25) is 0 Å². The van der Waals surface area contributed by atoms with Crippen LogP contribution in [0.3, 0.4) is 0 Å². The van der Waals surface area contributed by atoms with Crippen LogP contribution in [0.15, 0.2) is 0 Å². The molecule has 0 aromatic heterocycles. The van der Waals surface area contributed by atoms with Crippen molar-refractivity contribution in [1.29, 1.82) is 0 Å². The van der Waals surface area contributed by atoms with Crippen molar-refractivity contribution >= 4 is 15.8 Å². The number of hydrogen-bond acceptors (Lipinski definition) is 0. The standard InChI is InChI=1S/C9H15P2.C5H5.Co/c1-10(2)8-6-5-7-9(8)11(3)4;1-2-4-5-3-1;/h5-7H,1-4H3;1-5H;. The van der Waals surface area contributed by atoms with E-state index >= 15 is 0 Å². The zero-order valence-electron chi connectivity index (χ0n) is 10.8. The van der Waals surface area contributed by atoms with E-state index in [9.17, 15) is 0 Å². The molecule has 0 aliphatic carbocycles. The Morgan fingerprint density at radius 3 is 1.12 bits per heavy atom. The van der Waals surface area contributed by atoms with Gasteiger partial charge in [-0.1, -0.05) is 0 Å². The minimum absolute atomic E-state index is 0.415. The predicted molar refractivity (Wildman–Crippen MR) is 73.0 cm³/mol. The van der Waals surface area contributed by atoms with Gasteiger partial charge in [0, 0.05) is 0 Å². The fourth-order valence-corrected chi connectivity index (χ4v) is 122. The molecule has 0 N–H and O–H groups in total. The summed E-state index contributed by atoms with van der Waals surface area (Å²) in [6, 6.07) is 0. The molecule has 0 amide bonds. The summed E-state index contributed by atoms with van der Waals surface area (Å²) in [5.74, 6) is 0. The van der Waals surface area contributed by atoms with E-state index in [0.29, 0.717) is 15.8 Å². The molecule has 0 nitrogen and oxygen atoms in total. The van der Waals surface area contributed by atoms with E-state index in [2.05, 4.69) is 26.7 Å². The average molecular weight is 309 g/mol. The van der Waals surface area contributed by atoms with Crippen LogP contribution in [0.5, 0.6) is 0 Å². The fraction of sp³-hybridized carbons (Fsp3) is 1.00. The summed E-state index contributed by atoms with van der Waals surface area (Å²) in [4.78, 5) is 12.2. The average Bonchev–Trinajstić information content (AvgIpc) is 3.22. The van der Waals surface area contributed by atoms with Gasteiger partial charge in [0.25, 0.3) is 0 Å². The van der Waals surface area contributed by atoms with Crippen molar-refractivity contribution in [3.05, 3.63) is 0 Å². The van der Waals surface area contributed by atoms with Gasteiger partial charge in [-0.2, -0.15) is 0 Å². The third-order valence-corrected chi connectivity index (χ3v) is 68.5. The second-order valence-electron chi connectivity index (χ2n) is 11.0. The molecule has 17 heavy (non-hydrogen) atoms. The molecule has 10 aliphatic heterocycles. The molecule has 0 aromatic rings. The first kappa shape index (κ1) is 7.40. The maximum absolute atomic E-state index is 2.74. The minimum atomic E-state index is -2.74. The Morgan fingerprint density at radius 1 is 0.647 bits per heavy atom. The van der Waals surface area contributed by atoms with Crippen LogP contribution in [-0.4, -0.2) is 34.8 Å². The number of hydrogen-bond donors (Lipinski definition) is 0. The van der Waals surface area contributed by atoms with Crippen molar-refractivity contribution in [2.75, 3.05) is 26.7 Å². The van der Waals surface area contributed by atoms with Gasteiger partial charge in [0.05, 0.1) is 0 Å². The van der Waals surface area contributed by atoms with E-state index in [1.807, 2.05) is 0 Å². The van der Waals surface area contributed by atoms with Crippen LogP contribution in [0.25, 0.3) is 0 Å². The molecule has 10 aliphatic rings. The first-order valence-corrected chi connectivity index (χ1v) is 17.6. The molecule has 0 bridgehead atoms. The van der Waals surface area contributed by atoms with Crippen molar-refractivity contribution in [3.8, 4) is 0 Å². The molecular formula is C14H20CoP2. The Balaban J connectivity index is 1.75. The summed E-state index contributed by atoms with van der Waals surface area (Å²) in [6.07, 6.45) is -2.74. The predicted octanol–water partition coefficient (Wildman–Crippen LogP) is 4.67. The molecular weight excluding hydrogens is 289 g/mol. The molecule has 10 saturated heterocycles. The second-order valence-corrected chi connectivity index (χ2v) is 38.6. The van der Waals surface area contributed by atoms with E-state index < -0.39 is 6.37 Å². The third-order valence-electron chi connectivity index (χ3n) is 15.2. The van der Waals surface area contributed by atoms with Gasteiger partial charge >= 0.3 is 95.9 Å². The van der Waals surface area contributed by atoms with Crippen molar-refractivity contribution in [3.63, 3.8) is 0 Å². The van der Waals surface area contributed by atoms with Crippen molar-refractivity contribution in [1.82, 2.24) is 0 Å². The molecule has 10 fully saturated rings. The quantitative estimate of drug-likeness (QED) is 0.650. The van der Waals surface area contributed by atoms with Gasteiger partial charge in [0.1, 0.15) is 0 Å². The molecule has 0 saturated carbocycles. The maximum atomic E-state index is 2.73. The molecule has 95 valence electrons. The van der Waals surface area contributed by atoms with Crippen LogP contribution in [0.2, 0.25) is 38.8 Å². The van der Waals surface area contributed by atoms with E-state index in [4.69, 9.17) is 0 Å². The Morgan fingerprint density at radius 2 is 1.00 bits per heavy atom. The normalized spacial score (nSPS) is 124. The zero-order valence-corrected chi connectivity index (χ0v) is 13.7. The van der Waals surface area contributed by atoms with Gasteiger partial charge in [0.15, 0.2) is 0 Å². The van der Waals surface area contributed by atoms with Gasteiger partial charge in [-0.15, -0.1) is 0 Å². The van der Waals surface area contributed by atoms with E-state index in [-0.39, 0.29) is 0 Å². The van der Waals surface area contributed by atoms with Crippen molar-refractivity contribution in [2.45, 2.75) is 47.0 Å². The Hall–Kier alpha value is 1.37. The zero-order chi connectivity index (χ0) is 11.1. The van der Waals surface area contributed by atoms with Gasteiger partial charge in [-0.05, 0) is 0 Å². The molecule has 10 rings (SSSR count). The number of fused-ring (bicyclic) bond motifs is 10. The van der Waals surface area contributed by atoms with E-state index in [1.165, 1.54) is 47.0 Å². The van der Waals surface area contributed by atoms with Gasteiger partial charge < -0.3 is 0 Å².